The average Bonchev–Trinajstić information content (AvgIpc) is 2.22. The van der Waals surface area contributed by atoms with Crippen molar-refractivity contribution in [2.45, 2.75) is 45.6 Å². The zero-order valence-corrected chi connectivity index (χ0v) is 13.7. The van der Waals surface area contributed by atoms with E-state index in [1.807, 2.05) is 13.8 Å². The van der Waals surface area contributed by atoms with E-state index >= 15 is 0 Å². The van der Waals surface area contributed by atoms with Crippen LogP contribution in [0.15, 0.2) is 0 Å². The van der Waals surface area contributed by atoms with Crippen molar-refractivity contribution < 1.29 is 13.2 Å². The molecule has 0 saturated heterocycles. The van der Waals surface area contributed by atoms with Gasteiger partial charge in [0, 0.05) is 6.54 Å². The minimum atomic E-state index is -3.15. The summed E-state index contributed by atoms with van der Waals surface area (Å²) in [6.07, 6.45) is 4.49. The van der Waals surface area contributed by atoms with E-state index in [9.17, 15) is 8.42 Å². The van der Waals surface area contributed by atoms with E-state index in [4.69, 9.17) is 4.74 Å². The summed E-state index contributed by atoms with van der Waals surface area (Å²) >= 11 is 2.36. The Morgan fingerprint density at radius 1 is 1.18 bits per heavy atom. The molecule has 0 rings (SSSR count). The van der Waals surface area contributed by atoms with Crippen molar-refractivity contribution >= 4 is 32.6 Å². The highest BCUT2D eigenvalue weighted by atomic mass is 127. The van der Waals surface area contributed by atoms with E-state index in [0.717, 1.165) is 12.8 Å². The van der Waals surface area contributed by atoms with Crippen molar-refractivity contribution in [3.8, 4) is 0 Å². The van der Waals surface area contributed by atoms with Crippen LogP contribution in [-0.4, -0.2) is 37.9 Å². The second-order valence-corrected chi connectivity index (χ2v) is 7.24. The third kappa shape index (κ3) is 12.8. The lowest BCUT2D eigenvalue weighted by atomic mass is 10.2. The molecule has 0 saturated carbocycles. The molecule has 0 bridgehead atoms. The predicted molar refractivity (Wildman–Crippen MR) is 80.2 cm³/mol. The van der Waals surface area contributed by atoms with E-state index in [0.29, 0.717) is 6.54 Å². The van der Waals surface area contributed by atoms with Crippen LogP contribution in [0.5, 0.6) is 0 Å². The third-order valence-electron chi connectivity index (χ3n) is 2.19. The molecule has 4 nitrogen and oxygen atoms in total. The van der Waals surface area contributed by atoms with Gasteiger partial charge >= 0.3 is 0 Å². The van der Waals surface area contributed by atoms with Gasteiger partial charge in [0.1, 0.15) is 0 Å². The molecule has 0 fully saturated rings. The molecule has 0 aliphatic heterocycles. The maximum Gasteiger partial charge on any atom is 0.213 e. The van der Waals surface area contributed by atoms with E-state index in [2.05, 4.69) is 27.3 Å². The molecule has 0 aromatic rings. The third-order valence-corrected chi connectivity index (χ3v) is 4.30. The number of sulfonamides is 1. The Balaban J connectivity index is 3.51. The summed E-state index contributed by atoms with van der Waals surface area (Å²) in [4.78, 5) is 0. The normalized spacial score (nSPS) is 12.2. The number of hydrogen-bond acceptors (Lipinski definition) is 3. The summed E-state index contributed by atoms with van der Waals surface area (Å²) in [7, 11) is -3.15. The SMILES string of the molecule is CC(C)OCCS(=O)(=O)NCCCCCCI. The van der Waals surface area contributed by atoms with Gasteiger partial charge in [-0.05, 0) is 31.1 Å². The summed E-state index contributed by atoms with van der Waals surface area (Å²) in [5, 5.41) is 0. The lowest BCUT2D eigenvalue weighted by Gasteiger charge is -2.09. The molecule has 0 aliphatic carbocycles. The number of nitrogens with one attached hydrogen (secondary N) is 1. The zero-order valence-electron chi connectivity index (χ0n) is 10.7. The van der Waals surface area contributed by atoms with Gasteiger partial charge in [0.25, 0.3) is 0 Å². The second-order valence-electron chi connectivity index (χ2n) is 4.24. The topological polar surface area (TPSA) is 55.4 Å². The zero-order chi connectivity index (χ0) is 13.1. The molecule has 0 aromatic heterocycles. The summed E-state index contributed by atoms with van der Waals surface area (Å²) in [6, 6.07) is 0. The van der Waals surface area contributed by atoms with E-state index < -0.39 is 10.0 Å². The van der Waals surface area contributed by atoms with Crippen molar-refractivity contribution in [1.29, 1.82) is 0 Å². The molecule has 6 heteroatoms. The Bertz CT molecular complexity index is 268. The predicted octanol–water partition coefficient (Wildman–Crippen LogP) is 2.33. The van der Waals surface area contributed by atoms with E-state index in [1.54, 1.807) is 0 Å². The Kier molecular flexibility index (Phi) is 10.9. The van der Waals surface area contributed by atoms with Gasteiger partial charge in [-0.3, -0.25) is 0 Å². The van der Waals surface area contributed by atoms with Crippen LogP contribution >= 0.6 is 22.6 Å². The smallest absolute Gasteiger partial charge is 0.213 e. The van der Waals surface area contributed by atoms with Crippen molar-refractivity contribution in [2.75, 3.05) is 23.3 Å². The first kappa shape index (κ1) is 17.6. The van der Waals surface area contributed by atoms with Crippen LogP contribution in [0.4, 0.5) is 0 Å². The van der Waals surface area contributed by atoms with Crippen molar-refractivity contribution in [3.05, 3.63) is 0 Å². The molecule has 0 aliphatic rings. The van der Waals surface area contributed by atoms with Crippen LogP contribution in [0.3, 0.4) is 0 Å². The molecular weight excluding hydrogens is 353 g/mol. The van der Waals surface area contributed by atoms with Gasteiger partial charge in [-0.2, -0.15) is 0 Å². The minimum absolute atomic E-state index is 0.0545. The maximum atomic E-state index is 11.5. The Morgan fingerprint density at radius 2 is 1.82 bits per heavy atom. The molecule has 1 N–H and O–H groups in total. The molecule has 104 valence electrons. The number of ether oxygens (including phenoxy) is 1. The number of hydrogen-bond donors (Lipinski definition) is 1. The van der Waals surface area contributed by atoms with Crippen LogP contribution in [0.25, 0.3) is 0 Å². The molecule has 0 aromatic carbocycles. The van der Waals surface area contributed by atoms with Gasteiger partial charge in [0.2, 0.25) is 10.0 Å². The number of unbranched alkanes of at least 4 members (excludes halogenated alkanes) is 3. The van der Waals surface area contributed by atoms with Gasteiger partial charge in [-0.15, -0.1) is 0 Å². The van der Waals surface area contributed by atoms with E-state index in [1.165, 1.54) is 17.3 Å². The van der Waals surface area contributed by atoms with Gasteiger partial charge in [-0.25, -0.2) is 13.1 Å². The van der Waals surface area contributed by atoms with Crippen LogP contribution < -0.4 is 4.72 Å². The summed E-state index contributed by atoms with van der Waals surface area (Å²) in [5.74, 6) is 0.0545. The number of alkyl halides is 1. The summed E-state index contributed by atoms with van der Waals surface area (Å²) < 4.78 is 32.0. The molecule has 0 heterocycles. The van der Waals surface area contributed by atoms with Crippen molar-refractivity contribution in [1.82, 2.24) is 4.72 Å². The van der Waals surface area contributed by atoms with Crippen molar-refractivity contribution in [2.24, 2.45) is 0 Å². The van der Waals surface area contributed by atoms with Crippen LogP contribution in [0.2, 0.25) is 0 Å². The molecule has 17 heavy (non-hydrogen) atoms. The number of halogens is 1. The molecule has 0 radical (unpaired) electrons. The maximum absolute atomic E-state index is 11.5. The average molecular weight is 377 g/mol. The lowest BCUT2D eigenvalue weighted by molar-refractivity contribution is 0.0911. The highest BCUT2D eigenvalue weighted by Gasteiger charge is 2.09. The Labute approximate surface area is 119 Å². The summed E-state index contributed by atoms with van der Waals surface area (Å²) in [5.41, 5.74) is 0. The molecule has 0 spiro atoms. The largest absolute Gasteiger partial charge is 0.378 e. The van der Waals surface area contributed by atoms with Crippen molar-refractivity contribution in [3.63, 3.8) is 0 Å². The monoisotopic (exact) mass is 377 g/mol. The Morgan fingerprint density at radius 3 is 2.41 bits per heavy atom. The first-order chi connectivity index (χ1) is 7.98. The molecule has 0 unspecified atom stereocenters. The highest BCUT2D eigenvalue weighted by Crippen LogP contribution is 2.01. The highest BCUT2D eigenvalue weighted by molar-refractivity contribution is 14.1. The van der Waals surface area contributed by atoms with E-state index in [-0.39, 0.29) is 18.5 Å². The number of rotatable bonds is 11. The second kappa shape index (κ2) is 10.5. The molecular formula is C11H24INO3S. The lowest BCUT2D eigenvalue weighted by Crippen LogP contribution is -2.29. The first-order valence-corrected chi connectivity index (χ1v) is 9.30. The fourth-order valence-electron chi connectivity index (χ4n) is 1.27. The van der Waals surface area contributed by atoms with Crippen LogP contribution in [0, 0.1) is 0 Å². The van der Waals surface area contributed by atoms with Gasteiger partial charge in [0.15, 0.2) is 0 Å². The molecule has 0 amide bonds. The first-order valence-electron chi connectivity index (χ1n) is 6.13. The van der Waals surface area contributed by atoms with Crippen LogP contribution in [-0.2, 0) is 14.8 Å². The standard InChI is InChI=1S/C11H24INO3S/c1-11(2)16-9-10-17(14,15)13-8-6-4-3-5-7-12/h11,13H,3-10H2,1-2H3. The summed E-state index contributed by atoms with van der Waals surface area (Å²) in [6.45, 7) is 4.60. The quantitative estimate of drug-likeness (QED) is 0.342. The fraction of sp³-hybridized carbons (Fsp3) is 1.00. The van der Waals surface area contributed by atoms with Gasteiger partial charge in [-0.1, -0.05) is 35.4 Å². The van der Waals surface area contributed by atoms with Gasteiger partial charge < -0.3 is 4.74 Å². The minimum Gasteiger partial charge on any atom is -0.378 e. The molecule has 0 atom stereocenters. The van der Waals surface area contributed by atoms with Gasteiger partial charge in [0.05, 0.1) is 18.5 Å². The Hall–Kier alpha value is 0.600. The fourth-order valence-corrected chi connectivity index (χ4v) is 2.72. The van der Waals surface area contributed by atoms with Crippen LogP contribution in [0.1, 0.15) is 39.5 Å².